The van der Waals surface area contributed by atoms with Crippen LogP contribution in [0.5, 0.6) is 17.2 Å². The number of nitrogens with two attached hydrogens (primary N) is 1. The van der Waals surface area contributed by atoms with Gasteiger partial charge >= 0.3 is 5.97 Å². The van der Waals surface area contributed by atoms with Gasteiger partial charge in [0.15, 0.2) is 17.7 Å². The van der Waals surface area contributed by atoms with Gasteiger partial charge < -0.3 is 45.5 Å². The summed E-state index contributed by atoms with van der Waals surface area (Å²) in [5.41, 5.74) is 1.98. The Labute approximate surface area is 216 Å². The number of aromatic hydroxyl groups is 2. The number of benzene rings is 2. The average Bonchev–Trinajstić information content (AvgIpc) is 2.87. The monoisotopic (exact) mass is 529 g/mol. The van der Waals surface area contributed by atoms with Gasteiger partial charge in [0.2, 0.25) is 5.78 Å². The van der Waals surface area contributed by atoms with Crippen molar-refractivity contribution in [2.45, 2.75) is 62.4 Å². The molecule has 5 rings (SSSR count). The summed E-state index contributed by atoms with van der Waals surface area (Å²) in [6.07, 6.45) is -5.42. The molecule has 202 valence electrons. The first kappa shape index (κ1) is 26.1. The lowest BCUT2D eigenvalue weighted by Gasteiger charge is -2.41. The van der Waals surface area contributed by atoms with E-state index in [0.29, 0.717) is 0 Å². The number of fused-ring (bicyclic) bond motifs is 3. The highest BCUT2D eigenvalue weighted by Crippen LogP contribution is 2.52. The third-order valence-electron chi connectivity index (χ3n) is 7.54. The highest BCUT2D eigenvalue weighted by atomic mass is 16.7. The Morgan fingerprint density at radius 1 is 1.13 bits per heavy atom. The number of carbonyl (C=O) groups excluding carboxylic acids is 2. The summed E-state index contributed by atoms with van der Waals surface area (Å²) in [5, 5.41) is 53.5. The summed E-state index contributed by atoms with van der Waals surface area (Å²) >= 11 is 0. The van der Waals surface area contributed by atoms with Crippen molar-refractivity contribution in [2.75, 3.05) is 7.11 Å². The minimum atomic E-state index is -2.44. The Hall–Kier alpha value is -3.55. The number of hydrogen-bond donors (Lipinski definition) is 6. The Bertz CT molecular complexity index is 1360. The van der Waals surface area contributed by atoms with Crippen molar-refractivity contribution >= 4 is 17.5 Å². The van der Waals surface area contributed by atoms with E-state index in [2.05, 4.69) is 0 Å². The molecule has 0 bridgehead atoms. The molecule has 5 unspecified atom stereocenters. The molecule has 1 saturated heterocycles. The molecule has 12 nitrogen and oxygen atoms in total. The van der Waals surface area contributed by atoms with Crippen molar-refractivity contribution in [3.8, 4) is 17.2 Å². The Kier molecular flexibility index (Phi) is 6.20. The van der Waals surface area contributed by atoms with Crippen molar-refractivity contribution in [3.05, 3.63) is 51.6 Å². The van der Waals surface area contributed by atoms with E-state index in [1.807, 2.05) is 0 Å². The van der Waals surface area contributed by atoms with Crippen LogP contribution in [0.2, 0.25) is 0 Å². The number of rotatable bonds is 4. The molecule has 1 fully saturated rings. The van der Waals surface area contributed by atoms with Crippen LogP contribution in [0.15, 0.2) is 18.2 Å². The number of aliphatic hydroxyl groups is 2. The highest BCUT2D eigenvalue weighted by molar-refractivity contribution is 6.31. The molecular formula is C26H27NO11. The van der Waals surface area contributed by atoms with Gasteiger partial charge in [-0.2, -0.15) is 0 Å². The minimum Gasteiger partial charge on any atom is -0.507 e. The summed E-state index contributed by atoms with van der Waals surface area (Å²) in [7, 11) is 1.32. The fraction of sp³-hybridized carbons (Fsp3) is 0.423. The van der Waals surface area contributed by atoms with E-state index in [0.717, 1.165) is 0 Å². The molecule has 0 aromatic heterocycles. The van der Waals surface area contributed by atoms with Crippen LogP contribution in [-0.2, 0) is 20.7 Å². The van der Waals surface area contributed by atoms with Crippen molar-refractivity contribution in [1.29, 1.82) is 0 Å². The molecular weight excluding hydrogens is 502 g/mol. The number of aliphatic hydroxyl groups excluding tert-OH is 1. The van der Waals surface area contributed by atoms with E-state index in [1.54, 1.807) is 6.92 Å². The zero-order chi connectivity index (χ0) is 27.7. The molecule has 38 heavy (non-hydrogen) atoms. The maximum Gasteiger partial charge on any atom is 0.336 e. The lowest BCUT2D eigenvalue weighted by atomic mass is 9.73. The molecule has 6 atom stereocenters. The van der Waals surface area contributed by atoms with Gasteiger partial charge in [0.1, 0.15) is 17.2 Å². The number of carboxylic acid groups (broad SMARTS) is 1. The topological polar surface area (TPSA) is 206 Å². The number of ether oxygens (including phenoxy) is 3. The van der Waals surface area contributed by atoms with Crippen LogP contribution in [0.25, 0.3) is 0 Å². The van der Waals surface area contributed by atoms with Gasteiger partial charge in [-0.15, -0.1) is 0 Å². The maximum absolute atomic E-state index is 13.6. The molecule has 7 N–H and O–H groups in total. The lowest BCUT2D eigenvalue weighted by Crippen LogP contribution is -2.52. The number of ketones is 2. The van der Waals surface area contributed by atoms with Crippen LogP contribution in [0.3, 0.4) is 0 Å². The first-order valence-corrected chi connectivity index (χ1v) is 12.0. The first-order chi connectivity index (χ1) is 17.9. The minimum absolute atomic E-state index is 0.00250. The SMILES string of the molecule is COc1cccc2c1C(=O)c1c(O)c3c(c(O)c1C2=O)C[C@@](O)(C(=O)O)CC3OC1CC(N)C(O)C(C)O1. The third kappa shape index (κ3) is 3.76. The molecule has 0 radical (unpaired) electrons. The lowest BCUT2D eigenvalue weighted by molar-refractivity contribution is -0.248. The fourth-order valence-electron chi connectivity index (χ4n) is 5.55. The van der Waals surface area contributed by atoms with Gasteiger partial charge in [-0.25, -0.2) is 4.79 Å². The fourth-order valence-corrected chi connectivity index (χ4v) is 5.55. The molecule has 0 amide bonds. The van der Waals surface area contributed by atoms with Gasteiger partial charge in [0, 0.05) is 42.0 Å². The Morgan fingerprint density at radius 3 is 2.45 bits per heavy atom. The van der Waals surface area contributed by atoms with Crippen molar-refractivity contribution < 1.29 is 54.1 Å². The van der Waals surface area contributed by atoms with Gasteiger partial charge in [0.05, 0.1) is 42.1 Å². The molecule has 2 aromatic rings. The third-order valence-corrected chi connectivity index (χ3v) is 7.54. The van der Waals surface area contributed by atoms with Crippen molar-refractivity contribution in [2.24, 2.45) is 5.73 Å². The van der Waals surface area contributed by atoms with E-state index < -0.39 is 89.2 Å². The number of hydrogen-bond acceptors (Lipinski definition) is 11. The molecule has 2 aliphatic carbocycles. The van der Waals surface area contributed by atoms with Crippen LogP contribution in [-0.4, -0.2) is 80.3 Å². The molecule has 0 saturated carbocycles. The molecule has 2 aromatic carbocycles. The Balaban J connectivity index is 1.68. The van der Waals surface area contributed by atoms with Crippen LogP contribution in [0.4, 0.5) is 0 Å². The molecule has 3 aliphatic rings. The first-order valence-electron chi connectivity index (χ1n) is 12.0. The summed E-state index contributed by atoms with van der Waals surface area (Å²) in [5.74, 6) is -4.52. The number of carboxylic acids is 1. The highest BCUT2D eigenvalue weighted by Gasteiger charge is 2.50. The second kappa shape index (κ2) is 9.03. The van der Waals surface area contributed by atoms with E-state index >= 15 is 0 Å². The van der Waals surface area contributed by atoms with Gasteiger partial charge in [0.25, 0.3) is 0 Å². The summed E-state index contributed by atoms with van der Waals surface area (Å²) in [4.78, 5) is 39.1. The van der Waals surface area contributed by atoms with Crippen LogP contribution < -0.4 is 10.5 Å². The largest absolute Gasteiger partial charge is 0.507 e. The van der Waals surface area contributed by atoms with Crippen LogP contribution >= 0.6 is 0 Å². The molecule has 1 aliphatic heterocycles. The standard InChI is InChI=1S/C26H27NO11/c1-9-20(28)12(27)6-15(37-9)38-14-8-26(35,25(33)34)7-11-17(14)24(32)19-18(22(11)30)21(29)10-4-3-5-13(36-2)16(10)23(19)31/h3-5,9,12,14-15,20,28,30,32,35H,6-8,27H2,1-2H3,(H,33,34)/t9?,12?,14?,15?,20?,26-/m0/s1. The average molecular weight is 529 g/mol. The van der Waals surface area contributed by atoms with E-state index in [9.17, 15) is 39.9 Å². The zero-order valence-corrected chi connectivity index (χ0v) is 20.5. The van der Waals surface area contributed by atoms with Crippen molar-refractivity contribution in [1.82, 2.24) is 0 Å². The smallest absolute Gasteiger partial charge is 0.336 e. The second-order valence-corrected chi connectivity index (χ2v) is 9.88. The maximum atomic E-state index is 13.6. The Morgan fingerprint density at radius 2 is 1.82 bits per heavy atom. The number of methoxy groups -OCH3 is 1. The van der Waals surface area contributed by atoms with Crippen LogP contribution in [0, 0.1) is 0 Å². The summed E-state index contributed by atoms with van der Waals surface area (Å²) in [6.45, 7) is 1.57. The zero-order valence-electron chi connectivity index (χ0n) is 20.5. The van der Waals surface area contributed by atoms with Gasteiger partial charge in [-0.1, -0.05) is 12.1 Å². The summed E-state index contributed by atoms with van der Waals surface area (Å²) in [6, 6.07) is 3.60. The summed E-state index contributed by atoms with van der Waals surface area (Å²) < 4.78 is 16.9. The molecule has 1 heterocycles. The molecule has 0 spiro atoms. The number of carbonyl (C=O) groups is 3. The predicted molar refractivity (Wildman–Crippen MR) is 127 cm³/mol. The molecule has 12 heteroatoms. The number of aliphatic carboxylic acids is 1. The van der Waals surface area contributed by atoms with Gasteiger partial charge in [-0.3, -0.25) is 9.59 Å². The predicted octanol–water partition coefficient (Wildman–Crippen LogP) is 0.524. The number of phenolic OH excluding ortho intramolecular Hbond substituents is 2. The quantitative estimate of drug-likeness (QED) is 0.256. The second-order valence-electron chi connectivity index (χ2n) is 9.88. The van der Waals surface area contributed by atoms with Gasteiger partial charge in [-0.05, 0) is 13.0 Å². The number of phenols is 2. The van der Waals surface area contributed by atoms with E-state index in [4.69, 9.17) is 19.9 Å². The van der Waals surface area contributed by atoms with Crippen molar-refractivity contribution in [3.63, 3.8) is 0 Å². The normalized spacial score (nSPS) is 30.3. The van der Waals surface area contributed by atoms with Crippen LogP contribution in [0.1, 0.15) is 68.8 Å². The van der Waals surface area contributed by atoms with E-state index in [-0.39, 0.29) is 34.4 Å². The van der Waals surface area contributed by atoms with E-state index in [1.165, 1.54) is 25.3 Å².